The fraction of sp³-hybridized carbons (Fsp3) is 0.467. The quantitative estimate of drug-likeness (QED) is 0.215. The number of aromatic amines is 1. The normalized spacial score (nSPS) is 20.7. The highest BCUT2D eigenvalue weighted by Crippen LogP contribution is 2.43. The number of H-pyrrole nitrogens is 1. The summed E-state index contributed by atoms with van der Waals surface area (Å²) in [6.07, 6.45) is 4.31. The van der Waals surface area contributed by atoms with Gasteiger partial charge < -0.3 is 28.8 Å². The molecule has 0 spiro atoms. The lowest BCUT2D eigenvalue weighted by Gasteiger charge is -2.23. The molecule has 4 aromatic rings. The molecule has 2 aliphatic heterocycles. The van der Waals surface area contributed by atoms with Gasteiger partial charge in [-0.15, -0.1) is 0 Å². The maximum absolute atomic E-state index is 13.9. The summed E-state index contributed by atoms with van der Waals surface area (Å²) in [4.78, 5) is 2.34. The minimum Gasteiger partial charge on any atom is -0.495 e. The smallest absolute Gasteiger partial charge is 0.270 e. The number of fused-ring (bicyclic) bond motifs is 1. The summed E-state index contributed by atoms with van der Waals surface area (Å²) in [7, 11) is 0.213. The number of likely N-dealkylation sites (tertiary alicyclic amines) is 1. The lowest BCUT2D eigenvalue weighted by atomic mass is 9.98. The Balaban J connectivity index is 1.15. The van der Waals surface area contributed by atoms with E-state index in [4.69, 9.17) is 23.5 Å². The Kier molecular flexibility index (Phi) is 7.50. The fourth-order valence-corrected chi connectivity index (χ4v) is 7.55. The summed E-state index contributed by atoms with van der Waals surface area (Å²) in [5.41, 5.74) is 3.02. The topological polar surface area (TPSA) is 153 Å². The Morgan fingerprint density at radius 1 is 0.955 bits per heavy atom. The van der Waals surface area contributed by atoms with Crippen molar-refractivity contribution in [3.05, 3.63) is 41.6 Å². The predicted molar refractivity (Wildman–Crippen MR) is 163 cm³/mol. The summed E-state index contributed by atoms with van der Waals surface area (Å²) in [5, 5.41) is 15.1. The minimum atomic E-state index is -4.22. The number of rotatable bonds is 11. The third-order valence-electron chi connectivity index (χ3n) is 8.77. The maximum atomic E-state index is 13.9. The molecule has 0 radical (unpaired) electrons. The van der Waals surface area contributed by atoms with Gasteiger partial charge in [0.05, 0.1) is 39.0 Å². The zero-order valence-electron chi connectivity index (χ0n) is 24.9. The number of benzene rings is 2. The Bertz CT molecular complexity index is 1750. The van der Waals surface area contributed by atoms with Crippen LogP contribution in [0.5, 0.6) is 17.2 Å². The molecule has 3 fully saturated rings. The van der Waals surface area contributed by atoms with Crippen molar-refractivity contribution >= 4 is 38.3 Å². The Morgan fingerprint density at radius 3 is 2.41 bits per heavy atom. The average molecular weight is 625 g/mol. The number of aromatic nitrogens is 3. The third kappa shape index (κ3) is 5.41. The van der Waals surface area contributed by atoms with Crippen molar-refractivity contribution in [1.29, 1.82) is 0 Å². The maximum Gasteiger partial charge on any atom is 0.270 e. The molecule has 0 amide bonds. The first-order valence-corrected chi connectivity index (χ1v) is 16.3. The standard InChI is InChI=1S/C30H36N6O7S/c1-39-25-12-21-24(13-23(25)31-28-14-22(32-33-28)17-4-5-17)43-34-30(21)35-44(37,38)29-26(40-2)10-19(11-27(29)41-3)18-6-8-36(15-18)20-7-9-42-16-20/h10-14,17-18,20H,4-9,15-16H2,1-3H3,(H,34,35)(H2,31,32,33)/t18?,20-/m0/s1. The highest BCUT2D eigenvalue weighted by Gasteiger charge is 2.34. The van der Waals surface area contributed by atoms with Crippen LogP contribution >= 0.6 is 0 Å². The average Bonchev–Trinajstić information content (AvgIpc) is 3.46. The van der Waals surface area contributed by atoms with E-state index in [0.717, 1.165) is 63.2 Å². The van der Waals surface area contributed by atoms with Crippen molar-refractivity contribution in [1.82, 2.24) is 20.3 Å². The number of sulfonamides is 1. The first-order chi connectivity index (χ1) is 21.4. The molecule has 3 N–H and O–H groups in total. The third-order valence-corrected chi connectivity index (χ3v) is 10.2. The van der Waals surface area contributed by atoms with Crippen LogP contribution in [0.2, 0.25) is 0 Å². The van der Waals surface area contributed by atoms with E-state index in [0.29, 0.717) is 40.2 Å². The van der Waals surface area contributed by atoms with E-state index in [-0.39, 0.29) is 28.1 Å². The summed E-state index contributed by atoms with van der Waals surface area (Å²) in [6, 6.07) is 9.35. The number of hydrogen-bond acceptors (Lipinski definition) is 11. The molecule has 13 nitrogen and oxygen atoms in total. The van der Waals surface area contributed by atoms with Gasteiger partial charge in [0, 0.05) is 42.9 Å². The van der Waals surface area contributed by atoms with E-state index >= 15 is 0 Å². The molecule has 1 unspecified atom stereocenters. The van der Waals surface area contributed by atoms with Crippen molar-refractivity contribution in [2.45, 2.75) is 48.5 Å². The van der Waals surface area contributed by atoms with Crippen LogP contribution in [0.3, 0.4) is 0 Å². The molecule has 4 heterocycles. The van der Waals surface area contributed by atoms with Crippen LogP contribution in [-0.2, 0) is 14.8 Å². The van der Waals surface area contributed by atoms with E-state index in [1.54, 1.807) is 24.3 Å². The SMILES string of the molecule is COc1cc2c(NS(=O)(=O)c3c(OC)cc(C4CCN([C@H]5CCOC5)C4)cc3OC)noc2cc1Nc1cc(C2CC2)[nH]n1. The van der Waals surface area contributed by atoms with Crippen LogP contribution in [0, 0.1) is 0 Å². The lowest BCUT2D eigenvalue weighted by Crippen LogP contribution is -2.33. The second-order valence-electron chi connectivity index (χ2n) is 11.5. The van der Waals surface area contributed by atoms with Gasteiger partial charge in [0.2, 0.25) is 0 Å². The molecule has 234 valence electrons. The molecule has 44 heavy (non-hydrogen) atoms. The second-order valence-corrected chi connectivity index (χ2v) is 13.2. The zero-order valence-corrected chi connectivity index (χ0v) is 25.7. The van der Waals surface area contributed by atoms with E-state index in [2.05, 4.69) is 30.3 Å². The molecule has 2 aromatic carbocycles. The van der Waals surface area contributed by atoms with Gasteiger partial charge in [-0.05, 0) is 61.9 Å². The molecule has 3 aliphatic rings. The highest BCUT2D eigenvalue weighted by molar-refractivity contribution is 7.93. The van der Waals surface area contributed by atoms with Crippen LogP contribution in [-0.4, -0.2) is 82.3 Å². The molecule has 2 aromatic heterocycles. The fourth-order valence-electron chi connectivity index (χ4n) is 6.23. The summed E-state index contributed by atoms with van der Waals surface area (Å²) < 4.78 is 58.3. The van der Waals surface area contributed by atoms with Gasteiger partial charge in [-0.1, -0.05) is 5.16 Å². The van der Waals surface area contributed by atoms with E-state index in [1.165, 1.54) is 21.3 Å². The van der Waals surface area contributed by atoms with Crippen LogP contribution in [0.25, 0.3) is 11.0 Å². The lowest BCUT2D eigenvalue weighted by molar-refractivity contribution is 0.158. The van der Waals surface area contributed by atoms with Gasteiger partial charge in [0.25, 0.3) is 10.0 Å². The van der Waals surface area contributed by atoms with Crippen molar-refractivity contribution in [2.24, 2.45) is 0 Å². The Morgan fingerprint density at radius 2 is 1.73 bits per heavy atom. The number of anilines is 3. The van der Waals surface area contributed by atoms with Crippen LogP contribution in [0.15, 0.2) is 39.8 Å². The number of nitrogens with zero attached hydrogens (tertiary/aromatic N) is 3. The monoisotopic (exact) mass is 624 g/mol. The number of hydrogen-bond donors (Lipinski definition) is 3. The molecule has 2 saturated heterocycles. The van der Waals surface area contributed by atoms with Gasteiger partial charge in [-0.2, -0.15) is 5.10 Å². The van der Waals surface area contributed by atoms with Gasteiger partial charge in [0.1, 0.15) is 17.2 Å². The van der Waals surface area contributed by atoms with E-state index in [1.807, 2.05) is 6.07 Å². The van der Waals surface area contributed by atoms with Crippen molar-refractivity contribution in [2.75, 3.05) is 57.7 Å². The Labute approximate surface area is 255 Å². The van der Waals surface area contributed by atoms with Gasteiger partial charge in [-0.3, -0.25) is 14.7 Å². The largest absolute Gasteiger partial charge is 0.495 e. The molecular weight excluding hydrogens is 588 g/mol. The van der Waals surface area contributed by atoms with Gasteiger partial charge in [-0.25, -0.2) is 8.42 Å². The minimum absolute atomic E-state index is 0.0130. The van der Waals surface area contributed by atoms with Crippen LogP contribution < -0.4 is 24.2 Å². The van der Waals surface area contributed by atoms with E-state index < -0.39 is 10.0 Å². The molecule has 7 rings (SSSR count). The zero-order chi connectivity index (χ0) is 30.4. The molecule has 0 bridgehead atoms. The molecule has 1 saturated carbocycles. The number of nitrogens with one attached hydrogen (secondary N) is 3. The van der Waals surface area contributed by atoms with Gasteiger partial charge in [0.15, 0.2) is 22.1 Å². The Hall–Kier alpha value is -4.01. The van der Waals surface area contributed by atoms with Gasteiger partial charge >= 0.3 is 0 Å². The summed E-state index contributed by atoms with van der Waals surface area (Å²) in [5.74, 6) is 2.26. The van der Waals surface area contributed by atoms with Crippen molar-refractivity contribution in [3.8, 4) is 17.2 Å². The highest BCUT2D eigenvalue weighted by atomic mass is 32.2. The molecule has 1 aliphatic carbocycles. The summed E-state index contributed by atoms with van der Waals surface area (Å²) in [6.45, 7) is 3.39. The number of methoxy groups -OCH3 is 3. The first-order valence-electron chi connectivity index (χ1n) is 14.8. The number of ether oxygens (including phenoxy) is 4. The molecular formula is C30H36N6O7S. The van der Waals surface area contributed by atoms with E-state index in [9.17, 15) is 8.42 Å². The molecule has 14 heteroatoms. The van der Waals surface area contributed by atoms with Crippen molar-refractivity contribution in [3.63, 3.8) is 0 Å². The van der Waals surface area contributed by atoms with Crippen LogP contribution in [0.4, 0.5) is 17.3 Å². The first kappa shape index (κ1) is 28.7. The molecule has 2 atom stereocenters. The van der Waals surface area contributed by atoms with Crippen molar-refractivity contribution < 1.29 is 31.9 Å². The predicted octanol–water partition coefficient (Wildman–Crippen LogP) is 4.58. The summed E-state index contributed by atoms with van der Waals surface area (Å²) >= 11 is 0. The van der Waals surface area contributed by atoms with Crippen LogP contribution in [0.1, 0.15) is 48.8 Å². The second kappa shape index (κ2) is 11.5.